The second kappa shape index (κ2) is 11.1. The second-order valence-electron chi connectivity index (χ2n) is 6.50. The first kappa shape index (κ1) is 23.0. The standard InChI is InChI=1S/C21H20N6O2S.C2H6/c1-13-9-15-10-16(3-4-17(15)29-13)26-20(22-2)27-21-25-12-18(30-21)19(28)24-11-14-5-7-23-8-6-14;1-2/h3-10,12H,11H2,1-2H3,(H,24,28)(H2,22,25,26,27);1-2H3. The van der Waals surface area contributed by atoms with Gasteiger partial charge in [-0.15, -0.1) is 0 Å². The highest BCUT2D eigenvalue weighted by Crippen LogP contribution is 2.23. The fourth-order valence-electron chi connectivity index (χ4n) is 2.84. The summed E-state index contributed by atoms with van der Waals surface area (Å²) in [6, 6.07) is 11.5. The van der Waals surface area contributed by atoms with E-state index in [1.807, 2.05) is 57.2 Å². The van der Waals surface area contributed by atoms with Gasteiger partial charge in [0.05, 0.1) is 6.20 Å². The Bertz CT molecular complexity index is 1200. The zero-order valence-corrected chi connectivity index (χ0v) is 19.3. The number of furan rings is 1. The predicted octanol–water partition coefficient (Wildman–Crippen LogP) is 5.06. The van der Waals surface area contributed by atoms with Crippen LogP contribution < -0.4 is 16.0 Å². The monoisotopic (exact) mass is 450 g/mol. The molecule has 0 bridgehead atoms. The van der Waals surface area contributed by atoms with Gasteiger partial charge in [-0.3, -0.25) is 14.8 Å². The number of carbonyl (C=O) groups excluding carboxylic acids is 1. The van der Waals surface area contributed by atoms with Crippen molar-refractivity contribution >= 4 is 45.0 Å². The van der Waals surface area contributed by atoms with Crippen LogP contribution in [0, 0.1) is 6.92 Å². The first-order chi connectivity index (χ1) is 15.6. The molecule has 0 fully saturated rings. The van der Waals surface area contributed by atoms with Gasteiger partial charge in [0, 0.05) is 37.1 Å². The number of aliphatic imine (C=N–C) groups is 1. The Balaban J connectivity index is 0.00000141. The molecule has 166 valence electrons. The van der Waals surface area contributed by atoms with Crippen molar-refractivity contribution < 1.29 is 9.21 Å². The molecular formula is C23H26N6O2S. The Morgan fingerprint density at radius 2 is 1.91 bits per heavy atom. The average Bonchev–Trinajstić information content (AvgIpc) is 3.44. The topological polar surface area (TPSA) is 104 Å². The number of aryl methyl sites for hydroxylation is 1. The zero-order valence-electron chi connectivity index (χ0n) is 18.5. The van der Waals surface area contributed by atoms with Crippen LogP contribution in [0.1, 0.15) is 34.8 Å². The number of amides is 1. The highest BCUT2D eigenvalue weighted by Gasteiger charge is 2.12. The molecule has 8 nitrogen and oxygen atoms in total. The smallest absolute Gasteiger partial charge is 0.263 e. The van der Waals surface area contributed by atoms with Gasteiger partial charge in [-0.2, -0.15) is 0 Å². The number of hydrogen-bond acceptors (Lipinski definition) is 6. The molecule has 3 aromatic heterocycles. The lowest BCUT2D eigenvalue weighted by atomic mass is 10.2. The lowest BCUT2D eigenvalue weighted by Crippen LogP contribution is -2.22. The Labute approximate surface area is 190 Å². The maximum absolute atomic E-state index is 12.4. The van der Waals surface area contributed by atoms with Crippen molar-refractivity contribution in [2.24, 2.45) is 4.99 Å². The van der Waals surface area contributed by atoms with Gasteiger partial charge in [-0.1, -0.05) is 25.2 Å². The third-order valence-electron chi connectivity index (χ3n) is 4.28. The van der Waals surface area contributed by atoms with E-state index in [1.54, 1.807) is 25.6 Å². The van der Waals surface area contributed by atoms with Crippen molar-refractivity contribution in [1.29, 1.82) is 0 Å². The van der Waals surface area contributed by atoms with Crippen LogP contribution in [0.4, 0.5) is 10.8 Å². The number of aromatic nitrogens is 2. The van der Waals surface area contributed by atoms with Crippen molar-refractivity contribution in [1.82, 2.24) is 15.3 Å². The fourth-order valence-corrected chi connectivity index (χ4v) is 3.57. The second-order valence-corrected chi connectivity index (χ2v) is 7.53. The van der Waals surface area contributed by atoms with Gasteiger partial charge in [0.15, 0.2) is 5.13 Å². The highest BCUT2D eigenvalue weighted by molar-refractivity contribution is 7.17. The summed E-state index contributed by atoms with van der Waals surface area (Å²) in [5, 5.41) is 10.8. The van der Waals surface area contributed by atoms with Crippen LogP contribution in [0.5, 0.6) is 0 Å². The molecule has 1 aromatic carbocycles. The fraction of sp³-hybridized carbons (Fsp3) is 0.217. The summed E-state index contributed by atoms with van der Waals surface area (Å²) >= 11 is 1.25. The Morgan fingerprint density at radius 3 is 2.66 bits per heavy atom. The van der Waals surface area contributed by atoms with Crippen molar-refractivity contribution in [2.45, 2.75) is 27.3 Å². The number of thiazole rings is 1. The quantitative estimate of drug-likeness (QED) is 0.290. The molecule has 0 saturated heterocycles. The molecule has 0 unspecified atom stereocenters. The van der Waals surface area contributed by atoms with Crippen LogP contribution in [0.15, 0.2) is 64.4 Å². The van der Waals surface area contributed by atoms with Crippen LogP contribution in [-0.4, -0.2) is 28.9 Å². The number of hydrogen-bond donors (Lipinski definition) is 3. The molecule has 4 rings (SSSR count). The Kier molecular flexibility index (Phi) is 7.93. The largest absolute Gasteiger partial charge is 0.461 e. The molecule has 0 aliphatic heterocycles. The minimum Gasteiger partial charge on any atom is -0.461 e. The molecule has 3 N–H and O–H groups in total. The summed E-state index contributed by atoms with van der Waals surface area (Å²) in [7, 11) is 1.67. The van der Waals surface area contributed by atoms with Crippen LogP contribution in [0.3, 0.4) is 0 Å². The minimum atomic E-state index is -0.180. The maximum Gasteiger partial charge on any atom is 0.263 e. The number of benzene rings is 1. The lowest BCUT2D eigenvalue weighted by molar-refractivity contribution is 0.0954. The third kappa shape index (κ3) is 5.92. The molecule has 9 heteroatoms. The Morgan fingerprint density at radius 1 is 1.12 bits per heavy atom. The maximum atomic E-state index is 12.4. The van der Waals surface area contributed by atoms with Crippen molar-refractivity contribution in [2.75, 3.05) is 17.7 Å². The lowest BCUT2D eigenvalue weighted by Gasteiger charge is -2.09. The summed E-state index contributed by atoms with van der Waals surface area (Å²) in [5.74, 6) is 1.20. The van der Waals surface area contributed by atoms with E-state index in [0.717, 1.165) is 28.0 Å². The van der Waals surface area contributed by atoms with E-state index < -0.39 is 0 Å². The molecule has 32 heavy (non-hydrogen) atoms. The van der Waals surface area contributed by atoms with Crippen molar-refractivity contribution in [3.63, 3.8) is 0 Å². The van der Waals surface area contributed by atoms with E-state index in [1.165, 1.54) is 11.3 Å². The van der Waals surface area contributed by atoms with Crippen molar-refractivity contribution in [3.8, 4) is 0 Å². The van der Waals surface area contributed by atoms with Crippen LogP contribution >= 0.6 is 11.3 Å². The molecule has 0 aliphatic rings. The molecule has 0 saturated carbocycles. The van der Waals surface area contributed by atoms with Gasteiger partial charge in [0.2, 0.25) is 5.96 Å². The molecule has 1 amide bonds. The van der Waals surface area contributed by atoms with E-state index in [0.29, 0.717) is 22.5 Å². The van der Waals surface area contributed by atoms with Gasteiger partial charge >= 0.3 is 0 Å². The summed E-state index contributed by atoms with van der Waals surface area (Å²) < 4.78 is 5.60. The van der Waals surface area contributed by atoms with E-state index in [9.17, 15) is 4.79 Å². The summed E-state index contributed by atoms with van der Waals surface area (Å²) in [5.41, 5.74) is 2.68. The van der Waals surface area contributed by atoms with Crippen LogP contribution in [-0.2, 0) is 6.54 Å². The molecule has 0 radical (unpaired) electrons. The number of nitrogens with zero attached hydrogens (tertiary/aromatic N) is 3. The van der Waals surface area contributed by atoms with Gasteiger partial charge in [0.1, 0.15) is 16.2 Å². The molecule has 3 heterocycles. The van der Waals surface area contributed by atoms with E-state index in [2.05, 4.69) is 30.9 Å². The molecule has 0 aliphatic carbocycles. The minimum absolute atomic E-state index is 0.180. The van der Waals surface area contributed by atoms with E-state index in [4.69, 9.17) is 4.42 Å². The van der Waals surface area contributed by atoms with Crippen LogP contribution in [0.25, 0.3) is 11.0 Å². The average molecular weight is 451 g/mol. The SMILES string of the molecule is CC.CN=C(Nc1ccc2oc(C)cc2c1)Nc1ncc(C(=O)NCc2ccncc2)s1. The first-order valence-corrected chi connectivity index (χ1v) is 11.1. The van der Waals surface area contributed by atoms with Gasteiger partial charge < -0.3 is 20.4 Å². The number of anilines is 2. The Hall–Kier alpha value is -3.72. The molecule has 0 atom stereocenters. The summed E-state index contributed by atoms with van der Waals surface area (Å²) in [4.78, 5) is 25.3. The molecule has 4 aromatic rings. The first-order valence-electron chi connectivity index (χ1n) is 10.2. The summed E-state index contributed by atoms with van der Waals surface area (Å²) in [6.45, 7) is 6.35. The number of fused-ring (bicyclic) bond motifs is 1. The number of pyridine rings is 1. The number of rotatable bonds is 5. The number of guanidine groups is 1. The molecular weight excluding hydrogens is 424 g/mol. The zero-order chi connectivity index (χ0) is 22.9. The van der Waals surface area contributed by atoms with Crippen LogP contribution in [0.2, 0.25) is 0 Å². The third-order valence-corrected chi connectivity index (χ3v) is 5.19. The van der Waals surface area contributed by atoms with Gasteiger partial charge in [0.25, 0.3) is 5.91 Å². The van der Waals surface area contributed by atoms with Gasteiger partial charge in [-0.25, -0.2) is 4.98 Å². The molecule has 0 spiro atoms. The highest BCUT2D eigenvalue weighted by atomic mass is 32.1. The van der Waals surface area contributed by atoms with E-state index in [-0.39, 0.29) is 5.91 Å². The van der Waals surface area contributed by atoms with E-state index >= 15 is 0 Å². The normalized spacial score (nSPS) is 10.9. The number of nitrogens with one attached hydrogen (secondary N) is 3. The van der Waals surface area contributed by atoms with Gasteiger partial charge in [-0.05, 0) is 48.9 Å². The predicted molar refractivity (Wildman–Crippen MR) is 130 cm³/mol. The van der Waals surface area contributed by atoms with Crippen molar-refractivity contribution in [3.05, 3.63) is 71.2 Å². The summed E-state index contributed by atoms with van der Waals surface area (Å²) in [6.07, 6.45) is 4.93. The number of carbonyl (C=O) groups is 1.